The average molecular weight is 399 g/mol. The lowest BCUT2D eigenvalue weighted by Crippen LogP contribution is -2.54. The van der Waals surface area contributed by atoms with Gasteiger partial charge in [-0.25, -0.2) is 4.79 Å². The van der Waals surface area contributed by atoms with Crippen molar-refractivity contribution in [2.24, 2.45) is 11.8 Å². The molecule has 2 atom stereocenters. The second-order valence-electron chi connectivity index (χ2n) is 7.16. The number of carboxylic acids is 2. The lowest BCUT2D eigenvalue weighted by molar-refractivity contribution is -0.138. The van der Waals surface area contributed by atoms with Crippen molar-refractivity contribution in [1.82, 2.24) is 16.0 Å². The molecular formula is C18H29N3O7. The minimum Gasteiger partial charge on any atom is -0.480 e. The smallest absolute Gasteiger partial charge is 0.328 e. The fourth-order valence-corrected chi connectivity index (χ4v) is 2.33. The van der Waals surface area contributed by atoms with E-state index in [0.717, 1.165) is 6.08 Å². The summed E-state index contributed by atoms with van der Waals surface area (Å²) in [7, 11) is 0. The highest BCUT2D eigenvalue weighted by Gasteiger charge is 2.27. The van der Waals surface area contributed by atoms with E-state index in [2.05, 4.69) is 16.0 Å². The van der Waals surface area contributed by atoms with E-state index in [-0.39, 0.29) is 24.7 Å². The summed E-state index contributed by atoms with van der Waals surface area (Å²) in [4.78, 5) is 57.8. The van der Waals surface area contributed by atoms with Gasteiger partial charge in [-0.15, -0.1) is 0 Å². The van der Waals surface area contributed by atoms with Gasteiger partial charge in [0.25, 0.3) is 0 Å². The molecule has 0 rings (SSSR count). The fourth-order valence-electron chi connectivity index (χ4n) is 2.33. The van der Waals surface area contributed by atoms with Gasteiger partial charge in [-0.1, -0.05) is 27.7 Å². The van der Waals surface area contributed by atoms with Crippen LogP contribution in [0.3, 0.4) is 0 Å². The molecule has 5 N–H and O–H groups in total. The third-order valence-corrected chi connectivity index (χ3v) is 3.47. The second kappa shape index (κ2) is 12.5. The maximum Gasteiger partial charge on any atom is 0.328 e. The van der Waals surface area contributed by atoms with Crippen molar-refractivity contribution < 1.29 is 34.2 Å². The van der Waals surface area contributed by atoms with Crippen molar-refractivity contribution in [3.8, 4) is 0 Å². The first-order valence-electron chi connectivity index (χ1n) is 8.93. The Labute approximate surface area is 163 Å². The van der Waals surface area contributed by atoms with E-state index in [9.17, 15) is 24.0 Å². The number of amides is 3. The number of nitrogens with one attached hydrogen (secondary N) is 3. The Morgan fingerprint density at radius 2 is 1.29 bits per heavy atom. The first-order chi connectivity index (χ1) is 12.9. The van der Waals surface area contributed by atoms with E-state index < -0.39 is 48.3 Å². The standard InChI is InChI=1S/C18H29N3O7/c1-10(2)7-12(17(27)19-9-16(25)26)21-18(28)13(8-11(3)4)20-14(22)5-6-15(23)24/h5-6,10-13H,7-9H2,1-4H3,(H,19,27)(H,20,22)(H,21,28)(H,23,24)(H,25,26)/b6-5+/t12-,13-/m0/s1. The van der Waals surface area contributed by atoms with Crippen LogP contribution in [0.1, 0.15) is 40.5 Å². The van der Waals surface area contributed by atoms with Gasteiger partial charge >= 0.3 is 11.9 Å². The summed E-state index contributed by atoms with van der Waals surface area (Å²) in [5.74, 6) is -4.43. The summed E-state index contributed by atoms with van der Waals surface area (Å²) in [6.45, 7) is 6.78. The molecule has 0 bridgehead atoms. The summed E-state index contributed by atoms with van der Waals surface area (Å²) in [5, 5.41) is 24.5. The number of carboxylic acid groups (broad SMARTS) is 2. The maximum absolute atomic E-state index is 12.6. The number of hydrogen-bond donors (Lipinski definition) is 5. The van der Waals surface area contributed by atoms with E-state index in [0.29, 0.717) is 6.08 Å². The molecule has 10 heteroatoms. The van der Waals surface area contributed by atoms with Gasteiger partial charge < -0.3 is 26.2 Å². The van der Waals surface area contributed by atoms with Crippen molar-refractivity contribution >= 4 is 29.7 Å². The zero-order valence-corrected chi connectivity index (χ0v) is 16.5. The van der Waals surface area contributed by atoms with Crippen molar-refractivity contribution in [3.63, 3.8) is 0 Å². The van der Waals surface area contributed by atoms with Crippen LogP contribution in [0.4, 0.5) is 0 Å². The molecular weight excluding hydrogens is 370 g/mol. The predicted molar refractivity (Wildman–Crippen MR) is 100 cm³/mol. The summed E-state index contributed by atoms with van der Waals surface area (Å²) < 4.78 is 0. The van der Waals surface area contributed by atoms with Gasteiger partial charge in [0.15, 0.2) is 0 Å². The zero-order chi connectivity index (χ0) is 21.9. The Bertz CT molecular complexity index is 614. The van der Waals surface area contributed by atoms with Gasteiger partial charge in [-0.3, -0.25) is 19.2 Å². The highest BCUT2D eigenvalue weighted by Crippen LogP contribution is 2.09. The van der Waals surface area contributed by atoms with E-state index >= 15 is 0 Å². The normalized spacial score (nSPS) is 13.2. The molecule has 0 heterocycles. The molecule has 0 unspecified atom stereocenters. The minimum absolute atomic E-state index is 0.0314. The SMILES string of the molecule is CC(C)C[C@H](NC(=O)/C=C/C(=O)O)C(=O)N[C@@H](CC(C)C)C(=O)NCC(=O)O. The maximum atomic E-state index is 12.6. The van der Waals surface area contributed by atoms with Crippen molar-refractivity contribution in [3.05, 3.63) is 12.2 Å². The fraction of sp³-hybridized carbons (Fsp3) is 0.611. The van der Waals surface area contributed by atoms with Gasteiger partial charge in [0.1, 0.15) is 18.6 Å². The third-order valence-electron chi connectivity index (χ3n) is 3.47. The first-order valence-corrected chi connectivity index (χ1v) is 8.93. The number of hydrogen-bond acceptors (Lipinski definition) is 5. The van der Waals surface area contributed by atoms with Crippen molar-refractivity contribution in [2.45, 2.75) is 52.6 Å². The molecule has 0 aromatic rings. The molecule has 0 fully saturated rings. The van der Waals surface area contributed by atoms with E-state index in [1.807, 2.05) is 27.7 Å². The summed E-state index contributed by atoms with van der Waals surface area (Å²) >= 11 is 0. The van der Waals surface area contributed by atoms with Gasteiger partial charge in [-0.05, 0) is 24.7 Å². The molecule has 0 aliphatic rings. The quantitative estimate of drug-likeness (QED) is 0.286. The van der Waals surface area contributed by atoms with Crippen LogP contribution in [0, 0.1) is 11.8 Å². The Kier molecular flexibility index (Phi) is 11.2. The van der Waals surface area contributed by atoms with E-state index in [1.165, 1.54) is 0 Å². The zero-order valence-electron chi connectivity index (χ0n) is 16.5. The van der Waals surface area contributed by atoms with Crippen LogP contribution < -0.4 is 16.0 Å². The Hall–Kier alpha value is -2.91. The van der Waals surface area contributed by atoms with Crippen LogP contribution in [0.5, 0.6) is 0 Å². The highest BCUT2D eigenvalue weighted by atomic mass is 16.4. The third kappa shape index (κ3) is 11.7. The van der Waals surface area contributed by atoms with E-state index in [1.54, 1.807) is 0 Å². The van der Waals surface area contributed by atoms with E-state index in [4.69, 9.17) is 10.2 Å². The van der Waals surface area contributed by atoms with Crippen LogP contribution in [0.15, 0.2) is 12.2 Å². The predicted octanol–water partition coefficient (Wildman–Crippen LogP) is -0.110. The Morgan fingerprint density at radius 3 is 1.71 bits per heavy atom. The van der Waals surface area contributed by atoms with Crippen molar-refractivity contribution in [1.29, 1.82) is 0 Å². The molecule has 0 saturated carbocycles. The number of carbonyl (C=O) groups is 5. The van der Waals surface area contributed by atoms with Gasteiger partial charge in [0.05, 0.1) is 0 Å². The van der Waals surface area contributed by atoms with Gasteiger partial charge in [0, 0.05) is 12.2 Å². The highest BCUT2D eigenvalue weighted by molar-refractivity contribution is 5.97. The van der Waals surface area contributed by atoms with Crippen LogP contribution in [-0.2, 0) is 24.0 Å². The second-order valence-corrected chi connectivity index (χ2v) is 7.16. The molecule has 3 amide bonds. The number of carbonyl (C=O) groups excluding carboxylic acids is 3. The molecule has 0 radical (unpaired) electrons. The number of rotatable bonds is 12. The topological polar surface area (TPSA) is 162 Å². The van der Waals surface area contributed by atoms with Crippen LogP contribution >= 0.6 is 0 Å². The molecule has 0 aliphatic heterocycles. The summed E-state index contributed by atoms with van der Waals surface area (Å²) in [6, 6.07) is -1.94. The minimum atomic E-state index is -1.30. The van der Waals surface area contributed by atoms with Gasteiger partial charge in [0.2, 0.25) is 17.7 Å². The summed E-state index contributed by atoms with van der Waals surface area (Å²) in [5.41, 5.74) is 0. The van der Waals surface area contributed by atoms with Crippen LogP contribution in [0.25, 0.3) is 0 Å². The molecule has 10 nitrogen and oxygen atoms in total. The summed E-state index contributed by atoms with van der Waals surface area (Å²) in [6.07, 6.45) is 2.00. The monoisotopic (exact) mass is 399 g/mol. The molecule has 28 heavy (non-hydrogen) atoms. The van der Waals surface area contributed by atoms with Crippen LogP contribution in [0.2, 0.25) is 0 Å². The molecule has 158 valence electrons. The molecule has 0 aromatic carbocycles. The number of aliphatic carboxylic acids is 2. The lowest BCUT2D eigenvalue weighted by atomic mass is 10.00. The Morgan fingerprint density at radius 1 is 0.786 bits per heavy atom. The van der Waals surface area contributed by atoms with Gasteiger partial charge in [-0.2, -0.15) is 0 Å². The lowest BCUT2D eigenvalue weighted by Gasteiger charge is -2.24. The molecule has 0 aromatic heterocycles. The first kappa shape index (κ1) is 25.1. The molecule has 0 saturated heterocycles. The molecule has 0 spiro atoms. The average Bonchev–Trinajstić information content (AvgIpc) is 2.55. The Balaban J connectivity index is 5.22. The van der Waals surface area contributed by atoms with Crippen LogP contribution in [-0.4, -0.2) is 58.5 Å². The largest absolute Gasteiger partial charge is 0.480 e. The van der Waals surface area contributed by atoms with Crippen molar-refractivity contribution in [2.75, 3.05) is 6.54 Å². The molecule has 0 aliphatic carbocycles.